The van der Waals surface area contributed by atoms with Gasteiger partial charge in [0.15, 0.2) is 0 Å². The number of hydrogen-bond donors (Lipinski definition) is 0. The number of benzene rings is 1. The summed E-state index contributed by atoms with van der Waals surface area (Å²) in [6.07, 6.45) is 0. The number of rotatable bonds is 9. The van der Waals surface area contributed by atoms with Gasteiger partial charge in [0.1, 0.15) is 6.97 Å². The number of ether oxygens (including phenoxy) is 2. The number of hydrogen-bond acceptors (Lipinski definition) is 4. The van der Waals surface area contributed by atoms with Crippen molar-refractivity contribution < 1.29 is 18.5 Å². The highest BCUT2D eigenvalue weighted by Gasteiger charge is 2.16. The van der Waals surface area contributed by atoms with Gasteiger partial charge in [-0.3, -0.25) is 0 Å². The van der Waals surface area contributed by atoms with Crippen LogP contribution in [0, 0.1) is 0 Å². The Balaban J connectivity index is 1.99. The van der Waals surface area contributed by atoms with E-state index >= 15 is 0 Å². The predicted molar refractivity (Wildman–Crippen MR) is 104 cm³/mol. The molecule has 0 aliphatic carbocycles. The molecule has 126 valence electrons. The third-order valence-corrected chi connectivity index (χ3v) is 4.60. The van der Waals surface area contributed by atoms with E-state index in [0.717, 1.165) is 10.9 Å². The van der Waals surface area contributed by atoms with Crippen molar-refractivity contribution in [2.75, 3.05) is 26.4 Å². The number of nitrogens with zero attached hydrogens (tertiary/aromatic N) is 1. The summed E-state index contributed by atoms with van der Waals surface area (Å²) in [6, 6.07) is 9.71. The zero-order valence-electron chi connectivity index (χ0n) is 13.7. The summed E-state index contributed by atoms with van der Waals surface area (Å²) in [5.41, 5.74) is 1.53. The van der Waals surface area contributed by atoms with Crippen molar-refractivity contribution in [3.63, 3.8) is 0 Å². The van der Waals surface area contributed by atoms with Crippen LogP contribution in [0.25, 0.3) is 10.9 Å². The summed E-state index contributed by atoms with van der Waals surface area (Å²) in [4.78, 5) is 12.2. The van der Waals surface area contributed by atoms with Gasteiger partial charge < -0.3 is 18.2 Å². The minimum Gasteiger partial charge on any atom is -0.461 e. The molecule has 5 nitrogen and oxygen atoms in total. The summed E-state index contributed by atoms with van der Waals surface area (Å²) in [5, 5.41) is 1.01. The van der Waals surface area contributed by atoms with Crippen LogP contribution in [0.1, 0.15) is 17.4 Å². The fourth-order valence-electron chi connectivity index (χ4n) is 2.25. The molecule has 23 heavy (non-hydrogen) atoms. The fraction of sp³-hybridized carbons (Fsp3) is 0.400. The second-order valence-electron chi connectivity index (χ2n) is 4.60. The number of fused-ring (bicyclic) bond motifs is 1. The first-order chi connectivity index (χ1) is 11.7. The van der Waals surface area contributed by atoms with Gasteiger partial charge in [0, 0.05) is 46.2 Å². The molecular formula is C15H19INO4PS. The Labute approximate surface area is 153 Å². The monoisotopic (exact) mass is 469 g/mol. The molecule has 0 spiro atoms. The number of esters is 1. The first-order valence-electron chi connectivity index (χ1n) is 7.64. The normalized spacial score (nSPS) is 13.2. The van der Waals surface area contributed by atoms with Crippen LogP contribution in [-0.4, -0.2) is 38.2 Å². The molecule has 0 saturated heterocycles. The van der Waals surface area contributed by atoms with Gasteiger partial charge in [-0.05, 0) is 19.1 Å². The molecule has 1 atom stereocenters. The van der Waals surface area contributed by atoms with Crippen molar-refractivity contribution in [3.8, 4) is 0 Å². The molecule has 0 aliphatic rings. The molecule has 1 heterocycles. The molecule has 2 aromatic rings. The zero-order valence-corrected chi connectivity index (χ0v) is 16.6. The standard InChI is InChI=1S/C15H19INO4PS/c1-2-20-15(18)14-11-12-5-3-4-6-13(12)17(14)7-8-19-9-10-21-23(16)22/h3-6,11,22H,2,7-10H2,1H3/i22T. The first kappa shape index (κ1) is 17.4. The number of carbonyl (C=O) groups excluding carboxylic acids is 1. The van der Waals surface area contributed by atoms with Gasteiger partial charge in [-0.15, -0.1) is 0 Å². The van der Waals surface area contributed by atoms with Gasteiger partial charge in [-0.2, -0.15) is 0 Å². The van der Waals surface area contributed by atoms with Crippen molar-refractivity contribution in [3.05, 3.63) is 36.0 Å². The smallest absolute Gasteiger partial charge is 0.354 e. The van der Waals surface area contributed by atoms with E-state index in [4.69, 9.17) is 14.9 Å². The third kappa shape index (κ3) is 5.53. The van der Waals surface area contributed by atoms with Gasteiger partial charge in [0.25, 0.3) is 0 Å². The van der Waals surface area contributed by atoms with E-state index in [2.05, 4.69) is 21.2 Å². The van der Waals surface area contributed by atoms with E-state index in [1.807, 2.05) is 34.9 Å². The molecule has 0 aliphatic heterocycles. The average Bonchev–Trinajstić information content (AvgIpc) is 2.96. The molecule has 1 unspecified atom stereocenters. The van der Waals surface area contributed by atoms with Crippen molar-refractivity contribution >= 4 is 53.6 Å². The molecule has 0 radical (unpaired) electrons. The van der Waals surface area contributed by atoms with Crippen molar-refractivity contribution in [2.24, 2.45) is 0 Å². The van der Waals surface area contributed by atoms with Crippen molar-refractivity contribution in [1.82, 2.24) is 4.57 Å². The van der Waals surface area contributed by atoms with Crippen LogP contribution >= 0.6 is 29.2 Å². The summed E-state index contributed by atoms with van der Waals surface area (Å²) >= 11 is 2.10. The molecule has 1 aromatic carbocycles. The molecule has 0 N–H and O–H groups in total. The number of carbonyl (C=O) groups is 1. The van der Waals surface area contributed by atoms with Crippen LogP contribution in [0.5, 0.6) is 0 Å². The van der Waals surface area contributed by atoms with E-state index < -0.39 is 0 Å². The van der Waals surface area contributed by atoms with Crippen LogP contribution in [0.2, 0.25) is 0 Å². The molecule has 1 aromatic heterocycles. The lowest BCUT2D eigenvalue weighted by molar-refractivity contribution is 0.0509. The zero-order chi connectivity index (χ0) is 17.4. The molecule has 0 saturated carbocycles. The number of halogens is 1. The summed E-state index contributed by atoms with van der Waals surface area (Å²) in [6.45, 7) is 4.12. The van der Waals surface area contributed by atoms with Gasteiger partial charge in [0.05, 0.1) is 26.4 Å². The highest BCUT2D eigenvalue weighted by Crippen LogP contribution is 2.20. The number of aromatic nitrogens is 1. The minimum atomic E-state index is -0.380. The molecule has 0 bridgehead atoms. The van der Waals surface area contributed by atoms with E-state index in [1.165, 1.54) is 0 Å². The lowest BCUT2D eigenvalue weighted by Crippen LogP contribution is -2.15. The molecular weight excluding hydrogens is 448 g/mol. The highest BCUT2D eigenvalue weighted by atomic mass is 127. The maximum atomic E-state index is 12.2. The van der Waals surface area contributed by atoms with Gasteiger partial charge >= 0.3 is 5.97 Å². The van der Waals surface area contributed by atoms with Crippen LogP contribution in [-0.2, 0) is 27.7 Å². The Kier molecular flexibility index (Phi) is 7.35. The second kappa shape index (κ2) is 9.74. The van der Waals surface area contributed by atoms with E-state index in [1.54, 1.807) is 6.92 Å². The average molecular weight is 469 g/mol. The Bertz CT molecular complexity index is 725. The summed E-state index contributed by atoms with van der Waals surface area (Å²) < 4.78 is 25.2. The lowest BCUT2D eigenvalue weighted by Gasteiger charge is -2.10. The highest BCUT2D eigenvalue weighted by molar-refractivity contribution is 14.2. The van der Waals surface area contributed by atoms with E-state index in [0.29, 0.717) is 46.6 Å². The number of para-hydroxylation sites is 1. The van der Waals surface area contributed by atoms with Crippen LogP contribution in [0.4, 0.5) is 0 Å². The Morgan fingerprint density at radius 3 is 3.00 bits per heavy atom. The molecule has 8 heteroatoms. The molecule has 2 rings (SSSR count). The van der Waals surface area contributed by atoms with E-state index in [9.17, 15) is 4.79 Å². The maximum Gasteiger partial charge on any atom is 0.354 e. The predicted octanol–water partition coefficient (Wildman–Crippen LogP) is 3.79. The van der Waals surface area contributed by atoms with Gasteiger partial charge in [-0.1, -0.05) is 26.2 Å². The Hall–Kier alpha value is -0.470. The topological polar surface area (TPSA) is 49.7 Å². The quantitative estimate of drug-likeness (QED) is 0.243. The van der Waals surface area contributed by atoms with Crippen LogP contribution in [0.15, 0.2) is 30.3 Å². The Morgan fingerprint density at radius 2 is 2.22 bits per heavy atom. The Morgan fingerprint density at radius 1 is 1.39 bits per heavy atom. The fourth-order valence-corrected chi connectivity index (χ4v) is 3.21. The first-order valence-corrected chi connectivity index (χ1v) is 11.9. The maximum absolute atomic E-state index is 12.2. The summed E-state index contributed by atoms with van der Waals surface area (Å²) in [5.74, 6) is -0.319. The van der Waals surface area contributed by atoms with Crippen LogP contribution in [0.3, 0.4) is 0 Å². The second-order valence-corrected chi connectivity index (χ2v) is 10.7. The minimum absolute atomic E-state index is 0.319. The van der Waals surface area contributed by atoms with Crippen molar-refractivity contribution in [2.45, 2.75) is 13.5 Å². The van der Waals surface area contributed by atoms with Gasteiger partial charge in [-0.25, -0.2) is 4.79 Å². The summed E-state index contributed by atoms with van der Waals surface area (Å²) in [7, 11) is 0.104. The largest absolute Gasteiger partial charge is 0.461 e. The van der Waals surface area contributed by atoms with Crippen LogP contribution < -0.4 is 0 Å². The van der Waals surface area contributed by atoms with Gasteiger partial charge in [0.2, 0.25) is 0 Å². The SMILES string of the molecule is [3H]P=S(I)OCCOCCn1c(C(=O)OCC)cc2ccccc21. The molecule has 0 amide bonds. The van der Waals surface area contributed by atoms with E-state index in [-0.39, 0.29) is 13.5 Å². The lowest BCUT2D eigenvalue weighted by atomic mass is 10.2. The molecule has 0 fully saturated rings. The van der Waals surface area contributed by atoms with Crippen molar-refractivity contribution in [1.29, 1.82) is 1.28 Å². The third-order valence-electron chi connectivity index (χ3n) is 3.16.